The summed E-state index contributed by atoms with van der Waals surface area (Å²) in [6.07, 6.45) is 2.89. The third-order valence-corrected chi connectivity index (χ3v) is 5.12. The molecule has 2 amide bonds. The zero-order valence-electron chi connectivity index (χ0n) is 18.0. The fraction of sp³-hybridized carbons (Fsp3) is 0.304. The number of ether oxygens (including phenoxy) is 2. The highest BCUT2D eigenvalue weighted by atomic mass is 16.5. The molecule has 0 bridgehead atoms. The Labute approximate surface area is 182 Å². The van der Waals surface area contributed by atoms with Crippen molar-refractivity contribution in [3.8, 4) is 11.5 Å². The van der Waals surface area contributed by atoms with E-state index in [9.17, 15) is 9.59 Å². The van der Waals surface area contributed by atoms with Crippen LogP contribution in [0.25, 0.3) is 5.57 Å². The maximum absolute atomic E-state index is 12.4. The van der Waals surface area contributed by atoms with E-state index < -0.39 is 0 Å². The summed E-state index contributed by atoms with van der Waals surface area (Å²) in [4.78, 5) is 25.9. The van der Waals surface area contributed by atoms with Gasteiger partial charge in [-0.15, -0.1) is 0 Å². The molecule has 0 atom stereocenters. The molecule has 0 fully saturated rings. The number of methoxy groups -OCH3 is 2. The van der Waals surface area contributed by atoms with Crippen LogP contribution >= 0.6 is 0 Å². The first-order valence-electron chi connectivity index (χ1n) is 10.1. The van der Waals surface area contributed by atoms with E-state index in [1.165, 1.54) is 0 Å². The lowest BCUT2D eigenvalue weighted by Gasteiger charge is -2.17. The minimum Gasteiger partial charge on any atom is -0.493 e. The molecule has 0 saturated heterocycles. The highest BCUT2D eigenvalue weighted by Crippen LogP contribution is 2.40. The van der Waals surface area contributed by atoms with Gasteiger partial charge in [0.2, 0.25) is 5.91 Å². The average molecular weight is 425 g/mol. The van der Waals surface area contributed by atoms with E-state index in [-0.39, 0.29) is 11.8 Å². The van der Waals surface area contributed by atoms with E-state index >= 15 is 0 Å². The fourth-order valence-corrected chi connectivity index (χ4v) is 3.39. The highest BCUT2D eigenvalue weighted by molar-refractivity contribution is 6.31. The summed E-state index contributed by atoms with van der Waals surface area (Å²) < 4.78 is 10.6. The van der Waals surface area contributed by atoms with Gasteiger partial charge in [-0.2, -0.15) is 0 Å². The summed E-state index contributed by atoms with van der Waals surface area (Å²) in [5, 5.41) is 6.19. The highest BCUT2D eigenvalue weighted by Gasteiger charge is 2.26. The van der Waals surface area contributed by atoms with Gasteiger partial charge in [0.05, 0.1) is 19.9 Å². The number of nitrogens with two attached hydrogens (primary N) is 1. The maximum Gasteiger partial charge on any atom is 0.256 e. The smallest absolute Gasteiger partial charge is 0.256 e. The normalized spacial score (nSPS) is 13.5. The number of amides is 2. The number of nitrogens with zero attached hydrogens (tertiary/aromatic N) is 1. The summed E-state index contributed by atoms with van der Waals surface area (Å²) in [6.45, 7) is 0.988. The minimum absolute atomic E-state index is 0.0146. The van der Waals surface area contributed by atoms with Gasteiger partial charge in [0.25, 0.3) is 5.91 Å². The van der Waals surface area contributed by atoms with Crippen molar-refractivity contribution in [1.29, 1.82) is 0 Å². The van der Waals surface area contributed by atoms with E-state index in [0.717, 1.165) is 16.9 Å². The van der Waals surface area contributed by atoms with E-state index in [2.05, 4.69) is 10.6 Å². The van der Waals surface area contributed by atoms with Crippen molar-refractivity contribution in [3.05, 3.63) is 48.0 Å². The number of anilines is 3. The number of hydrogen-bond acceptors (Lipinski definition) is 6. The van der Waals surface area contributed by atoms with Gasteiger partial charge in [-0.25, -0.2) is 0 Å². The van der Waals surface area contributed by atoms with Crippen LogP contribution in [0.5, 0.6) is 11.5 Å². The first kappa shape index (κ1) is 22.2. The first-order valence-corrected chi connectivity index (χ1v) is 10.1. The second kappa shape index (κ2) is 9.99. The Bertz CT molecular complexity index is 986. The van der Waals surface area contributed by atoms with Crippen LogP contribution in [0.3, 0.4) is 0 Å². The van der Waals surface area contributed by atoms with Gasteiger partial charge in [-0.05, 0) is 36.8 Å². The molecule has 8 nitrogen and oxygen atoms in total. The van der Waals surface area contributed by atoms with Crippen molar-refractivity contribution >= 4 is 34.4 Å². The quantitative estimate of drug-likeness (QED) is 0.422. The number of carbonyl (C=O) groups is 2. The predicted molar refractivity (Wildman–Crippen MR) is 123 cm³/mol. The van der Waals surface area contributed by atoms with Gasteiger partial charge in [0, 0.05) is 55.1 Å². The van der Waals surface area contributed by atoms with Crippen molar-refractivity contribution in [3.63, 3.8) is 0 Å². The fourth-order valence-electron chi connectivity index (χ4n) is 3.39. The molecule has 1 heterocycles. The maximum atomic E-state index is 12.4. The van der Waals surface area contributed by atoms with E-state index in [0.29, 0.717) is 48.7 Å². The number of benzene rings is 2. The Morgan fingerprint density at radius 3 is 2.48 bits per heavy atom. The number of hydrogen-bond donors (Lipinski definition) is 3. The lowest BCUT2D eigenvalue weighted by molar-refractivity contribution is -0.118. The molecular formula is C23H28N4O4. The van der Waals surface area contributed by atoms with Gasteiger partial charge in [-0.3, -0.25) is 9.59 Å². The molecule has 1 aliphatic rings. The molecule has 31 heavy (non-hydrogen) atoms. The average Bonchev–Trinajstić information content (AvgIpc) is 3.09. The Balaban J connectivity index is 1.61. The Hall–Kier alpha value is -3.52. The van der Waals surface area contributed by atoms with Crippen LogP contribution in [0.15, 0.2) is 42.5 Å². The number of nitrogens with one attached hydrogen (secondary N) is 2. The second-order valence-corrected chi connectivity index (χ2v) is 7.08. The standard InChI is InChI=1S/C23H28N4O4/c1-27(22(28)10-11-24)16-8-6-15(7-9-16)25-12-4-5-17-18-13-20(30-2)21(31-3)14-19(18)26-23(17)29/h5-9,13-14,25H,4,10-12,24H2,1-3H3,(H,26,29). The Morgan fingerprint density at radius 2 is 1.84 bits per heavy atom. The number of rotatable bonds is 9. The van der Waals surface area contributed by atoms with Crippen molar-refractivity contribution in [1.82, 2.24) is 0 Å². The number of carbonyl (C=O) groups excluding carboxylic acids is 2. The van der Waals surface area contributed by atoms with Gasteiger partial charge in [0.15, 0.2) is 11.5 Å². The minimum atomic E-state index is -0.139. The molecule has 0 spiro atoms. The molecule has 0 radical (unpaired) electrons. The van der Waals surface area contributed by atoms with Crippen LogP contribution in [0, 0.1) is 0 Å². The van der Waals surface area contributed by atoms with E-state index in [1.54, 1.807) is 32.2 Å². The summed E-state index contributed by atoms with van der Waals surface area (Å²) >= 11 is 0. The van der Waals surface area contributed by atoms with Crippen LogP contribution in [-0.2, 0) is 9.59 Å². The molecule has 0 unspecified atom stereocenters. The van der Waals surface area contributed by atoms with Crippen LogP contribution in [0.4, 0.5) is 17.1 Å². The SMILES string of the molecule is COc1cc2c(cc1OC)C(=CCCNc1ccc(N(C)C(=O)CCN)cc1)C(=O)N2. The summed E-state index contributed by atoms with van der Waals surface area (Å²) in [5.74, 6) is 0.999. The third kappa shape index (κ3) is 4.97. The van der Waals surface area contributed by atoms with Crippen LogP contribution < -0.4 is 30.7 Å². The van der Waals surface area contributed by atoms with Crippen LogP contribution in [-0.4, -0.2) is 46.2 Å². The molecule has 0 aliphatic carbocycles. The topological polar surface area (TPSA) is 106 Å². The molecule has 3 rings (SSSR count). The lowest BCUT2D eigenvalue weighted by Crippen LogP contribution is -2.27. The molecular weight excluding hydrogens is 396 g/mol. The molecule has 2 aromatic rings. The molecule has 1 aliphatic heterocycles. The Kier molecular flexibility index (Phi) is 7.15. The third-order valence-electron chi connectivity index (χ3n) is 5.12. The zero-order valence-corrected chi connectivity index (χ0v) is 18.0. The van der Waals surface area contributed by atoms with E-state index in [1.807, 2.05) is 36.4 Å². The predicted octanol–water partition coefficient (Wildman–Crippen LogP) is 2.85. The Morgan fingerprint density at radius 1 is 1.16 bits per heavy atom. The molecule has 4 N–H and O–H groups in total. The first-order chi connectivity index (χ1) is 15.0. The van der Waals surface area contributed by atoms with Gasteiger partial charge in [-0.1, -0.05) is 6.08 Å². The van der Waals surface area contributed by atoms with E-state index in [4.69, 9.17) is 15.2 Å². The van der Waals surface area contributed by atoms with Gasteiger partial charge < -0.3 is 30.7 Å². The van der Waals surface area contributed by atoms with Crippen molar-refractivity contribution in [2.75, 3.05) is 49.9 Å². The molecule has 8 heteroatoms. The summed E-state index contributed by atoms with van der Waals surface area (Å²) in [5.41, 5.74) is 9.33. The van der Waals surface area contributed by atoms with Crippen molar-refractivity contribution in [2.24, 2.45) is 5.73 Å². The monoisotopic (exact) mass is 424 g/mol. The van der Waals surface area contributed by atoms with Gasteiger partial charge >= 0.3 is 0 Å². The molecule has 164 valence electrons. The van der Waals surface area contributed by atoms with Gasteiger partial charge in [0.1, 0.15) is 0 Å². The van der Waals surface area contributed by atoms with Crippen molar-refractivity contribution < 1.29 is 19.1 Å². The zero-order chi connectivity index (χ0) is 22.4. The molecule has 0 aromatic heterocycles. The summed E-state index contributed by atoms with van der Waals surface area (Å²) in [6, 6.07) is 11.2. The van der Waals surface area contributed by atoms with Crippen molar-refractivity contribution in [2.45, 2.75) is 12.8 Å². The van der Waals surface area contributed by atoms with Crippen LogP contribution in [0.1, 0.15) is 18.4 Å². The second-order valence-electron chi connectivity index (χ2n) is 7.08. The molecule has 2 aromatic carbocycles. The lowest BCUT2D eigenvalue weighted by atomic mass is 10.1. The summed E-state index contributed by atoms with van der Waals surface area (Å²) in [7, 11) is 4.87. The van der Waals surface area contributed by atoms with Crippen LogP contribution in [0.2, 0.25) is 0 Å². The number of fused-ring (bicyclic) bond motifs is 1. The largest absolute Gasteiger partial charge is 0.493 e. The molecule has 0 saturated carbocycles.